The van der Waals surface area contributed by atoms with Crippen molar-refractivity contribution in [2.24, 2.45) is 11.7 Å². The molecule has 1 aromatic heterocycles. The van der Waals surface area contributed by atoms with Crippen molar-refractivity contribution in [1.82, 2.24) is 9.88 Å². The molecule has 134 valence electrons. The lowest BCUT2D eigenvalue weighted by atomic mass is 9.87. The molecule has 6 heteroatoms. The largest absolute Gasteiger partial charge is 0.368 e. The van der Waals surface area contributed by atoms with E-state index in [-0.39, 0.29) is 12.5 Å². The quantitative estimate of drug-likeness (QED) is 0.765. The summed E-state index contributed by atoms with van der Waals surface area (Å²) in [4.78, 5) is 29.1. The molecule has 1 saturated carbocycles. The van der Waals surface area contributed by atoms with E-state index >= 15 is 0 Å². The Morgan fingerprint density at radius 3 is 2.68 bits per heavy atom. The summed E-state index contributed by atoms with van der Waals surface area (Å²) in [6, 6.07) is 7.61. The zero-order valence-electron chi connectivity index (χ0n) is 14.3. The fraction of sp³-hybridized carbons (Fsp3) is 0.474. The molecule has 0 spiro atoms. The summed E-state index contributed by atoms with van der Waals surface area (Å²) in [7, 11) is 0. The molecule has 0 unspecified atom stereocenters. The molecule has 1 heterocycles. The molecule has 3 N–H and O–H groups in total. The maximum Gasteiger partial charge on any atom is 0.270 e. The number of aromatic amines is 1. The number of hydrogen-bond donors (Lipinski definition) is 2. The van der Waals surface area contributed by atoms with Crippen molar-refractivity contribution in [3.8, 4) is 0 Å². The van der Waals surface area contributed by atoms with Crippen molar-refractivity contribution < 1.29 is 9.59 Å². The second-order valence-electron chi connectivity index (χ2n) is 6.87. The summed E-state index contributed by atoms with van der Waals surface area (Å²) in [5.41, 5.74) is 6.75. The number of H-pyrrole nitrogens is 1. The Hall–Kier alpha value is -1.82. The molecular formula is C19H24BrN3O2. The highest BCUT2D eigenvalue weighted by atomic mass is 79.9. The lowest BCUT2D eigenvalue weighted by Crippen LogP contribution is -2.39. The van der Waals surface area contributed by atoms with Gasteiger partial charge in [-0.15, -0.1) is 0 Å². The first kappa shape index (κ1) is 18.0. The van der Waals surface area contributed by atoms with E-state index in [0.29, 0.717) is 18.2 Å². The van der Waals surface area contributed by atoms with Crippen LogP contribution in [0.3, 0.4) is 0 Å². The molecule has 3 rings (SSSR count). The maximum atomic E-state index is 12.9. The van der Waals surface area contributed by atoms with Crippen LogP contribution in [-0.2, 0) is 4.79 Å². The molecule has 25 heavy (non-hydrogen) atoms. The van der Waals surface area contributed by atoms with Crippen LogP contribution in [0.1, 0.15) is 49.0 Å². The van der Waals surface area contributed by atoms with Crippen LogP contribution in [0.4, 0.5) is 0 Å². The number of fused-ring (bicyclic) bond motifs is 1. The highest BCUT2D eigenvalue weighted by Gasteiger charge is 2.22. The van der Waals surface area contributed by atoms with Crippen LogP contribution in [-0.4, -0.2) is 34.8 Å². The number of halogens is 1. The standard InChI is InChI=1S/C19H24BrN3O2/c20-15-7-4-8-16-14(15)11-17(22-16)19(25)23(12-18(21)24)10-9-13-5-2-1-3-6-13/h4,7-8,11,13,22H,1-3,5-6,9-10,12H2,(H2,21,24). The average molecular weight is 406 g/mol. The van der Waals surface area contributed by atoms with Gasteiger partial charge in [-0.05, 0) is 30.5 Å². The molecule has 0 aliphatic heterocycles. The van der Waals surface area contributed by atoms with Crippen LogP contribution in [0.25, 0.3) is 10.9 Å². The normalized spacial score (nSPS) is 15.4. The van der Waals surface area contributed by atoms with Crippen LogP contribution in [0, 0.1) is 5.92 Å². The maximum absolute atomic E-state index is 12.9. The van der Waals surface area contributed by atoms with Crippen molar-refractivity contribution in [2.75, 3.05) is 13.1 Å². The molecule has 0 bridgehead atoms. The fourth-order valence-electron chi connectivity index (χ4n) is 3.66. The number of hydrogen-bond acceptors (Lipinski definition) is 2. The first-order valence-corrected chi connectivity index (χ1v) is 9.68. The molecule has 0 radical (unpaired) electrons. The van der Waals surface area contributed by atoms with Crippen molar-refractivity contribution in [1.29, 1.82) is 0 Å². The molecular weight excluding hydrogens is 382 g/mol. The Morgan fingerprint density at radius 2 is 2.00 bits per heavy atom. The van der Waals surface area contributed by atoms with E-state index in [1.54, 1.807) is 4.90 Å². The number of aromatic nitrogens is 1. The second-order valence-corrected chi connectivity index (χ2v) is 7.72. The van der Waals surface area contributed by atoms with Gasteiger partial charge in [0.25, 0.3) is 5.91 Å². The molecule has 1 aliphatic carbocycles. The minimum Gasteiger partial charge on any atom is -0.368 e. The van der Waals surface area contributed by atoms with Gasteiger partial charge >= 0.3 is 0 Å². The van der Waals surface area contributed by atoms with E-state index in [9.17, 15) is 9.59 Å². The molecule has 2 aromatic rings. The van der Waals surface area contributed by atoms with Crippen LogP contribution < -0.4 is 5.73 Å². The van der Waals surface area contributed by atoms with E-state index < -0.39 is 5.91 Å². The lowest BCUT2D eigenvalue weighted by molar-refractivity contribution is -0.118. The van der Waals surface area contributed by atoms with E-state index in [0.717, 1.165) is 21.8 Å². The number of rotatable bonds is 6. The number of carbonyl (C=O) groups excluding carboxylic acids is 2. The number of carbonyl (C=O) groups is 2. The first-order valence-electron chi connectivity index (χ1n) is 8.89. The van der Waals surface area contributed by atoms with E-state index in [1.165, 1.54) is 32.1 Å². The minimum atomic E-state index is -0.478. The Labute approximate surface area is 156 Å². The van der Waals surface area contributed by atoms with Gasteiger partial charge in [0.2, 0.25) is 5.91 Å². The average Bonchev–Trinajstić information content (AvgIpc) is 3.04. The summed E-state index contributed by atoms with van der Waals surface area (Å²) in [5.74, 6) is 0.000723. The minimum absolute atomic E-state index is 0.0396. The fourth-order valence-corrected chi connectivity index (χ4v) is 4.14. The van der Waals surface area contributed by atoms with E-state index in [1.807, 2.05) is 24.3 Å². The summed E-state index contributed by atoms with van der Waals surface area (Å²) < 4.78 is 0.934. The predicted molar refractivity (Wildman–Crippen MR) is 102 cm³/mol. The smallest absolute Gasteiger partial charge is 0.270 e. The summed E-state index contributed by atoms with van der Waals surface area (Å²) in [6.45, 7) is 0.533. The Kier molecular flexibility index (Phi) is 5.78. The SMILES string of the molecule is NC(=O)CN(CCC1CCCCC1)C(=O)c1cc2c(Br)cccc2[nH]1. The van der Waals surface area contributed by atoms with E-state index in [4.69, 9.17) is 5.73 Å². The molecule has 5 nitrogen and oxygen atoms in total. The molecule has 0 saturated heterocycles. The van der Waals surface area contributed by atoms with Gasteiger partial charge in [0.05, 0.1) is 6.54 Å². The number of amides is 2. The zero-order valence-corrected chi connectivity index (χ0v) is 15.8. The van der Waals surface area contributed by atoms with E-state index in [2.05, 4.69) is 20.9 Å². The Morgan fingerprint density at radius 1 is 1.24 bits per heavy atom. The van der Waals surface area contributed by atoms with Crippen molar-refractivity contribution >= 4 is 38.6 Å². The van der Waals surface area contributed by atoms with Crippen molar-refractivity contribution in [3.05, 3.63) is 34.4 Å². The van der Waals surface area contributed by atoms with Crippen molar-refractivity contribution in [3.63, 3.8) is 0 Å². The summed E-state index contributed by atoms with van der Waals surface area (Å²) >= 11 is 3.50. The van der Waals surface area contributed by atoms with Gasteiger partial charge in [-0.2, -0.15) is 0 Å². The second kappa shape index (κ2) is 8.04. The third kappa shape index (κ3) is 4.42. The molecule has 1 aliphatic rings. The monoisotopic (exact) mass is 405 g/mol. The van der Waals surface area contributed by atoms with Gasteiger partial charge in [0, 0.05) is 21.9 Å². The Bertz CT molecular complexity index is 765. The summed E-state index contributed by atoms with van der Waals surface area (Å²) in [5, 5.41) is 0.956. The van der Waals surface area contributed by atoms with Gasteiger partial charge in [0.15, 0.2) is 0 Å². The molecule has 1 aromatic carbocycles. The van der Waals surface area contributed by atoms with Gasteiger partial charge in [-0.3, -0.25) is 9.59 Å². The first-order chi connectivity index (χ1) is 12.0. The highest BCUT2D eigenvalue weighted by Crippen LogP contribution is 2.27. The number of primary amides is 1. The van der Waals surface area contributed by atoms with Gasteiger partial charge < -0.3 is 15.6 Å². The molecule has 2 amide bonds. The summed E-state index contributed by atoms with van der Waals surface area (Å²) in [6.07, 6.45) is 7.22. The van der Waals surface area contributed by atoms with Crippen LogP contribution in [0.5, 0.6) is 0 Å². The van der Waals surface area contributed by atoms with Crippen LogP contribution in [0.2, 0.25) is 0 Å². The number of nitrogens with one attached hydrogen (secondary N) is 1. The predicted octanol–water partition coefficient (Wildman–Crippen LogP) is 3.83. The number of nitrogens with zero attached hydrogens (tertiary/aromatic N) is 1. The third-order valence-corrected chi connectivity index (χ3v) is 5.70. The molecule has 0 atom stereocenters. The number of benzene rings is 1. The Balaban J connectivity index is 1.75. The van der Waals surface area contributed by atoms with Crippen LogP contribution in [0.15, 0.2) is 28.7 Å². The number of nitrogens with two attached hydrogens (primary N) is 1. The van der Waals surface area contributed by atoms with Crippen LogP contribution >= 0.6 is 15.9 Å². The highest BCUT2D eigenvalue weighted by molar-refractivity contribution is 9.10. The third-order valence-electron chi connectivity index (χ3n) is 5.01. The van der Waals surface area contributed by atoms with Gasteiger partial charge in [-0.1, -0.05) is 54.1 Å². The van der Waals surface area contributed by atoms with Crippen molar-refractivity contribution in [2.45, 2.75) is 38.5 Å². The zero-order chi connectivity index (χ0) is 17.8. The van der Waals surface area contributed by atoms with Gasteiger partial charge in [-0.25, -0.2) is 0 Å². The lowest BCUT2D eigenvalue weighted by Gasteiger charge is -2.26. The topological polar surface area (TPSA) is 79.2 Å². The van der Waals surface area contributed by atoms with Gasteiger partial charge in [0.1, 0.15) is 5.69 Å². The molecule has 1 fully saturated rings.